The van der Waals surface area contributed by atoms with Gasteiger partial charge in [-0.1, -0.05) is 54.8 Å². The van der Waals surface area contributed by atoms with Crippen LogP contribution in [0.2, 0.25) is 0 Å². The number of fused-ring (bicyclic) bond motifs is 5. The summed E-state index contributed by atoms with van der Waals surface area (Å²) in [7, 11) is -3.93. The maximum absolute atomic E-state index is 14.7. The van der Waals surface area contributed by atoms with Crippen molar-refractivity contribution < 1.29 is 41.5 Å². The van der Waals surface area contributed by atoms with Gasteiger partial charge in [-0.3, -0.25) is 19.1 Å². The maximum atomic E-state index is 14.7. The molecule has 2 aliphatic heterocycles. The van der Waals surface area contributed by atoms with E-state index in [1.54, 1.807) is 26.8 Å². The third-order valence-corrected chi connectivity index (χ3v) is 14.3. The Morgan fingerprint density at radius 2 is 1.80 bits per heavy atom. The summed E-state index contributed by atoms with van der Waals surface area (Å²) >= 11 is 1.33. The highest BCUT2D eigenvalue weighted by Crippen LogP contribution is 2.46. The van der Waals surface area contributed by atoms with Crippen LogP contribution < -0.4 is 20.1 Å². The topological polar surface area (TPSA) is 186 Å². The van der Waals surface area contributed by atoms with E-state index in [1.165, 1.54) is 28.4 Å². The van der Waals surface area contributed by atoms with E-state index in [-0.39, 0.29) is 31.7 Å². The van der Waals surface area contributed by atoms with E-state index in [2.05, 4.69) is 15.4 Å². The van der Waals surface area contributed by atoms with Crippen LogP contribution >= 0.6 is 11.3 Å². The number of ether oxygens (including phenoxy) is 2. The van der Waals surface area contributed by atoms with Crippen LogP contribution in [0.4, 0.5) is 9.18 Å². The number of nitrogens with zero attached hydrogens (tertiary/aromatic N) is 3. The number of alkyl carbamates (subject to hydrolysis) is 1. The summed E-state index contributed by atoms with van der Waals surface area (Å²) in [6.45, 7) is 7.03. The van der Waals surface area contributed by atoms with Crippen LogP contribution in [0.25, 0.3) is 31.7 Å². The fraction of sp³-hybridized carbons (Fsp3) is 0.488. The van der Waals surface area contributed by atoms with Crippen molar-refractivity contribution in [3.63, 3.8) is 0 Å². The Kier molecular flexibility index (Phi) is 11.1. The van der Waals surface area contributed by atoms with Gasteiger partial charge in [0.05, 0.1) is 17.3 Å². The number of aryl methyl sites for hydroxylation is 1. The van der Waals surface area contributed by atoms with Gasteiger partial charge in [0.25, 0.3) is 5.91 Å². The Morgan fingerprint density at radius 1 is 1.03 bits per heavy atom. The molecule has 2 saturated carbocycles. The molecule has 60 heavy (non-hydrogen) atoms. The minimum atomic E-state index is -3.93. The number of sulfonamides is 1. The lowest BCUT2D eigenvalue weighted by Crippen LogP contribution is -2.58. The molecule has 14 nitrogen and oxygen atoms in total. The van der Waals surface area contributed by atoms with Gasteiger partial charge in [-0.05, 0) is 84.4 Å². The van der Waals surface area contributed by atoms with Gasteiger partial charge in [0, 0.05) is 28.0 Å². The molecule has 318 valence electrons. The van der Waals surface area contributed by atoms with E-state index in [4.69, 9.17) is 19.4 Å². The van der Waals surface area contributed by atoms with Crippen LogP contribution in [-0.4, -0.2) is 88.2 Å². The SMILES string of the molecule is Cc1ccc(-c2nc(O[C@@H]3C[C@H]4C(=O)N[C@]5(C(=O)NS(=O)(=O)C6CC6)C[C@H]5C=CCCCCC[C@H](NC(=O)OC(C)(C)C)C(=O)N4C3)c3sc4ccc(F)cc4c3n2)cc1. The summed E-state index contributed by atoms with van der Waals surface area (Å²) in [6.07, 6.45) is 6.28. The van der Waals surface area contributed by atoms with Gasteiger partial charge in [-0.25, -0.2) is 22.6 Å². The monoisotopic (exact) mass is 860 g/mol. The van der Waals surface area contributed by atoms with E-state index in [0.717, 1.165) is 23.1 Å². The third-order valence-electron chi connectivity index (χ3n) is 11.4. The van der Waals surface area contributed by atoms with Crippen molar-refractivity contribution in [2.24, 2.45) is 5.92 Å². The molecule has 0 bridgehead atoms. The van der Waals surface area contributed by atoms with E-state index < -0.39 is 80.2 Å². The fourth-order valence-electron chi connectivity index (χ4n) is 7.96. The molecule has 4 aromatic rings. The van der Waals surface area contributed by atoms with E-state index in [1.807, 2.05) is 43.3 Å². The highest BCUT2D eigenvalue weighted by atomic mass is 32.2. The second kappa shape index (κ2) is 16.0. The minimum Gasteiger partial charge on any atom is -0.471 e. The summed E-state index contributed by atoms with van der Waals surface area (Å²) in [5.74, 6) is -2.38. The van der Waals surface area contributed by atoms with Crippen LogP contribution in [0.5, 0.6) is 5.88 Å². The lowest BCUT2D eigenvalue weighted by molar-refractivity contribution is -0.141. The second-order valence-corrected chi connectivity index (χ2v) is 20.3. The Labute approximate surface area is 351 Å². The third kappa shape index (κ3) is 8.83. The molecule has 4 amide bonds. The standard InChI is InChI=1S/C43H49FN6O8S2/c1-24-12-14-25(15-13-24)36-46-34-30-20-27(44)16-19-33(30)59-35(34)38(47-36)57-28-21-32-37(51)48-43(40(53)49-60(55,56)29-17-18-29)22-26(43)10-8-6-5-7-9-11-31(39(52)50(32)23-28)45-41(54)58-42(2,3)4/h8,10,12-16,19-20,26,28-29,31-32H,5-7,9,11,17-18,21-23H2,1-4H3,(H,45,54)(H,48,51)(H,49,53)/t26-,28-,31+,32+,43-/m1/s1. The van der Waals surface area contributed by atoms with Crippen LogP contribution in [0.3, 0.4) is 0 Å². The molecular formula is C43H49FN6O8S2. The number of carbonyl (C=O) groups excluding carboxylic acids is 4. The number of rotatable bonds is 7. The lowest BCUT2D eigenvalue weighted by atomic mass is 10.0. The van der Waals surface area contributed by atoms with Crippen LogP contribution in [-0.2, 0) is 29.1 Å². The van der Waals surface area contributed by atoms with Crippen molar-refractivity contribution in [1.82, 2.24) is 30.2 Å². The average molecular weight is 861 g/mol. The van der Waals surface area contributed by atoms with Crippen molar-refractivity contribution >= 4 is 65.5 Å². The average Bonchev–Trinajstić information content (AvgIpc) is 4.08. The molecule has 2 aliphatic carbocycles. The van der Waals surface area contributed by atoms with Gasteiger partial charge in [0.2, 0.25) is 27.7 Å². The Bertz CT molecular complexity index is 2500. The minimum absolute atomic E-state index is 0.0276. The van der Waals surface area contributed by atoms with Crippen molar-refractivity contribution in [2.75, 3.05) is 6.54 Å². The Morgan fingerprint density at radius 3 is 2.53 bits per heavy atom. The molecule has 3 N–H and O–H groups in total. The molecule has 4 aliphatic rings. The Hall–Kier alpha value is -5.16. The number of hydrogen-bond acceptors (Lipinski definition) is 11. The predicted molar refractivity (Wildman–Crippen MR) is 224 cm³/mol. The van der Waals surface area contributed by atoms with Crippen molar-refractivity contribution in [3.05, 3.63) is 66.0 Å². The molecule has 3 fully saturated rings. The van der Waals surface area contributed by atoms with Crippen molar-refractivity contribution in [2.45, 2.75) is 120 Å². The van der Waals surface area contributed by atoms with Crippen LogP contribution in [0.15, 0.2) is 54.6 Å². The molecule has 17 heteroatoms. The maximum Gasteiger partial charge on any atom is 0.408 e. The number of amides is 4. The Balaban J connectivity index is 1.15. The molecule has 8 rings (SSSR count). The zero-order chi connectivity index (χ0) is 42.6. The molecule has 0 unspecified atom stereocenters. The highest BCUT2D eigenvalue weighted by molar-refractivity contribution is 7.91. The first-order valence-electron chi connectivity index (χ1n) is 20.5. The van der Waals surface area contributed by atoms with E-state index >= 15 is 0 Å². The zero-order valence-electron chi connectivity index (χ0n) is 34.0. The second-order valence-electron chi connectivity index (χ2n) is 17.3. The first kappa shape index (κ1) is 41.6. The summed E-state index contributed by atoms with van der Waals surface area (Å²) in [5, 5.41) is 5.56. The molecule has 1 saturated heterocycles. The quantitative estimate of drug-likeness (QED) is 0.181. The van der Waals surface area contributed by atoms with Gasteiger partial charge in [0.1, 0.15) is 39.8 Å². The molecule has 0 spiro atoms. The van der Waals surface area contributed by atoms with Gasteiger partial charge in [0.15, 0.2) is 5.82 Å². The van der Waals surface area contributed by atoms with Gasteiger partial charge in [-0.15, -0.1) is 11.3 Å². The van der Waals surface area contributed by atoms with Gasteiger partial charge < -0.3 is 25.0 Å². The fourth-order valence-corrected chi connectivity index (χ4v) is 10.4. The number of halogens is 1. The molecule has 2 aromatic heterocycles. The van der Waals surface area contributed by atoms with Crippen molar-refractivity contribution in [1.29, 1.82) is 0 Å². The van der Waals surface area contributed by atoms with Crippen molar-refractivity contribution in [3.8, 4) is 17.3 Å². The molecule has 4 heterocycles. The predicted octanol–water partition coefficient (Wildman–Crippen LogP) is 6.20. The zero-order valence-corrected chi connectivity index (χ0v) is 35.6. The highest BCUT2D eigenvalue weighted by Gasteiger charge is 2.62. The lowest BCUT2D eigenvalue weighted by Gasteiger charge is -2.30. The summed E-state index contributed by atoms with van der Waals surface area (Å²) < 4.78 is 56.2. The molecule has 0 radical (unpaired) electrons. The van der Waals surface area contributed by atoms with Crippen LogP contribution in [0, 0.1) is 18.7 Å². The summed E-state index contributed by atoms with van der Waals surface area (Å²) in [5.41, 5.74) is -0.164. The molecule has 5 atom stereocenters. The normalized spacial score (nSPS) is 25.1. The summed E-state index contributed by atoms with van der Waals surface area (Å²) in [6, 6.07) is 9.83. The molecule has 2 aromatic carbocycles. The number of nitrogens with one attached hydrogen (secondary N) is 3. The number of thiophene rings is 1. The van der Waals surface area contributed by atoms with Crippen LogP contribution in [0.1, 0.15) is 84.1 Å². The number of allylic oxidation sites excluding steroid dienone is 1. The number of carbonyl (C=O) groups is 4. The number of benzene rings is 2. The van der Waals surface area contributed by atoms with E-state index in [0.29, 0.717) is 52.7 Å². The van der Waals surface area contributed by atoms with E-state index in [9.17, 15) is 32.0 Å². The van der Waals surface area contributed by atoms with Gasteiger partial charge in [-0.2, -0.15) is 4.98 Å². The largest absolute Gasteiger partial charge is 0.471 e. The van der Waals surface area contributed by atoms with Gasteiger partial charge >= 0.3 is 6.09 Å². The first-order valence-corrected chi connectivity index (χ1v) is 22.8. The number of hydrogen-bond donors (Lipinski definition) is 3. The smallest absolute Gasteiger partial charge is 0.408 e. The molecular weight excluding hydrogens is 812 g/mol. The summed E-state index contributed by atoms with van der Waals surface area (Å²) in [4.78, 5) is 67.3. The first-order chi connectivity index (χ1) is 28.5. The number of aromatic nitrogens is 2.